The van der Waals surface area contributed by atoms with Gasteiger partial charge in [-0.2, -0.15) is 0 Å². The Morgan fingerprint density at radius 3 is 0.792 bits per heavy atom. The van der Waals surface area contributed by atoms with E-state index in [-0.39, 0.29) is 31.1 Å². The van der Waals surface area contributed by atoms with Gasteiger partial charge in [-0.3, -0.25) is 14.4 Å². The van der Waals surface area contributed by atoms with Gasteiger partial charge in [0.2, 0.25) is 0 Å². The number of ether oxygens (including phenoxy) is 3. The number of allylic oxidation sites excluding steroid dienone is 14. The smallest absolute Gasteiger partial charge is 0.306 e. The molecule has 0 aromatic heterocycles. The number of unbranched alkanes of at least 4 members (excludes halogenated alkanes) is 35. The maximum absolute atomic E-state index is 12.9. The highest BCUT2D eigenvalue weighted by molar-refractivity contribution is 5.71. The van der Waals surface area contributed by atoms with Crippen LogP contribution in [-0.4, -0.2) is 37.2 Å². The fourth-order valence-electron chi connectivity index (χ4n) is 9.51. The fraction of sp³-hybridized carbons (Fsp3) is 0.761. The number of hydrogen-bond donors (Lipinski definition) is 0. The van der Waals surface area contributed by atoms with Crippen molar-refractivity contribution >= 4 is 17.9 Å². The molecule has 0 bridgehead atoms. The van der Waals surface area contributed by atoms with Crippen LogP contribution in [0.25, 0.3) is 0 Å². The molecule has 0 aliphatic carbocycles. The lowest BCUT2D eigenvalue weighted by molar-refractivity contribution is -0.167. The molecule has 0 saturated carbocycles. The van der Waals surface area contributed by atoms with Crippen molar-refractivity contribution in [3.63, 3.8) is 0 Å². The van der Waals surface area contributed by atoms with Gasteiger partial charge in [0.25, 0.3) is 0 Å². The first-order chi connectivity index (χ1) is 38.0. The van der Waals surface area contributed by atoms with Gasteiger partial charge in [0.1, 0.15) is 13.2 Å². The van der Waals surface area contributed by atoms with Crippen LogP contribution in [0.4, 0.5) is 0 Å². The minimum Gasteiger partial charge on any atom is -0.462 e. The number of rotatable bonds is 60. The summed E-state index contributed by atoms with van der Waals surface area (Å²) in [5.74, 6) is -0.870. The van der Waals surface area contributed by atoms with E-state index in [2.05, 4.69) is 106 Å². The summed E-state index contributed by atoms with van der Waals surface area (Å²) < 4.78 is 17.0. The number of carbonyl (C=O) groups excluding carboxylic acids is 3. The molecule has 0 spiro atoms. The highest BCUT2D eigenvalue weighted by atomic mass is 16.6. The molecule has 1 unspecified atom stereocenters. The van der Waals surface area contributed by atoms with Crippen LogP contribution in [0.1, 0.15) is 329 Å². The Morgan fingerprint density at radius 2 is 0.506 bits per heavy atom. The minimum absolute atomic E-state index is 0.0765. The van der Waals surface area contributed by atoms with Crippen LogP contribution in [0, 0.1) is 0 Å². The molecule has 444 valence electrons. The zero-order valence-corrected chi connectivity index (χ0v) is 51.0. The van der Waals surface area contributed by atoms with Crippen molar-refractivity contribution in [2.24, 2.45) is 0 Å². The summed E-state index contributed by atoms with van der Waals surface area (Å²) in [7, 11) is 0. The number of carbonyl (C=O) groups is 3. The van der Waals surface area contributed by atoms with Crippen molar-refractivity contribution in [1.29, 1.82) is 0 Å². The molecule has 0 saturated heterocycles. The lowest BCUT2D eigenvalue weighted by Crippen LogP contribution is -2.30. The largest absolute Gasteiger partial charge is 0.462 e. The molecule has 6 heteroatoms. The van der Waals surface area contributed by atoms with Crippen LogP contribution in [0.2, 0.25) is 0 Å². The Bertz CT molecular complexity index is 1470. The maximum Gasteiger partial charge on any atom is 0.306 e. The first-order valence-electron chi connectivity index (χ1n) is 33.1. The van der Waals surface area contributed by atoms with Gasteiger partial charge in [0.15, 0.2) is 6.10 Å². The van der Waals surface area contributed by atoms with E-state index in [0.717, 1.165) is 109 Å². The summed E-state index contributed by atoms with van der Waals surface area (Å²) >= 11 is 0. The van der Waals surface area contributed by atoms with Gasteiger partial charge in [-0.05, 0) is 89.9 Å². The predicted molar refractivity (Wildman–Crippen MR) is 334 cm³/mol. The molecule has 0 N–H and O–H groups in total. The van der Waals surface area contributed by atoms with E-state index in [1.54, 1.807) is 0 Å². The van der Waals surface area contributed by atoms with Crippen LogP contribution in [0.3, 0.4) is 0 Å². The topological polar surface area (TPSA) is 78.9 Å². The average Bonchev–Trinajstić information content (AvgIpc) is 3.43. The molecule has 0 fully saturated rings. The maximum atomic E-state index is 12.9. The van der Waals surface area contributed by atoms with E-state index >= 15 is 0 Å². The molecule has 0 aromatic carbocycles. The number of hydrogen-bond acceptors (Lipinski definition) is 6. The first-order valence-corrected chi connectivity index (χ1v) is 33.1. The Labute approximate surface area is 477 Å². The second kappa shape index (κ2) is 65.1. The second-order valence-electron chi connectivity index (χ2n) is 22.0. The zero-order valence-electron chi connectivity index (χ0n) is 51.0. The Kier molecular flexibility index (Phi) is 62.2. The van der Waals surface area contributed by atoms with Crippen molar-refractivity contribution in [3.8, 4) is 0 Å². The lowest BCUT2D eigenvalue weighted by Gasteiger charge is -2.18. The highest BCUT2D eigenvalue weighted by Gasteiger charge is 2.19. The quantitative estimate of drug-likeness (QED) is 0.0261. The average molecular weight is 1070 g/mol. The summed E-state index contributed by atoms with van der Waals surface area (Å²) in [5, 5.41) is 0. The zero-order chi connectivity index (χ0) is 55.7. The van der Waals surface area contributed by atoms with Crippen LogP contribution in [0.5, 0.6) is 0 Å². The van der Waals surface area contributed by atoms with Crippen LogP contribution in [-0.2, 0) is 28.6 Å². The molecule has 77 heavy (non-hydrogen) atoms. The van der Waals surface area contributed by atoms with E-state index < -0.39 is 6.10 Å². The predicted octanol–water partition coefficient (Wildman–Crippen LogP) is 22.7. The van der Waals surface area contributed by atoms with Gasteiger partial charge in [-0.25, -0.2) is 0 Å². The standard InChI is InChI=1S/C71H124O6/c1-4-7-10-13-16-19-22-25-28-30-31-32-33-34-35-36-37-38-39-41-43-46-49-52-55-58-61-64-70(73)76-67-68(66-75-69(72)63-60-57-54-51-48-45-42-27-24-21-18-15-12-9-6-3)77-71(74)65-62-59-56-53-50-47-44-40-29-26-23-20-17-14-11-8-5-2/h7-8,10-11,16-17,19-20,25-26,28-29,31-32,68H,4-6,9,12-15,18,21-24,27,30,33-67H2,1-3H3/b10-7-,11-8-,19-16-,20-17-,28-25-,29-26-,32-31-. The third kappa shape index (κ3) is 63.3. The van der Waals surface area contributed by atoms with Crippen molar-refractivity contribution in [2.45, 2.75) is 335 Å². The second-order valence-corrected chi connectivity index (χ2v) is 22.0. The summed E-state index contributed by atoms with van der Waals surface area (Å²) in [5.41, 5.74) is 0. The van der Waals surface area contributed by atoms with Crippen LogP contribution >= 0.6 is 0 Å². The van der Waals surface area contributed by atoms with E-state index in [4.69, 9.17) is 14.2 Å². The lowest BCUT2D eigenvalue weighted by atomic mass is 10.0. The first kappa shape index (κ1) is 73.6. The summed E-state index contributed by atoms with van der Waals surface area (Å²) in [6.45, 7) is 6.45. The Balaban J connectivity index is 4.28. The van der Waals surface area contributed by atoms with Crippen molar-refractivity contribution in [3.05, 3.63) is 85.1 Å². The molecule has 1 atom stereocenters. The van der Waals surface area contributed by atoms with E-state index in [1.165, 1.54) is 180 Å². The van der Waals surface area contributed by atoms with Crippen molar-refractivity contribution in [2.75, 3.05) is 13.2 Å². The molecule has 0 rings (SSSR count). The molecule has 0 aliphatic rings. The van der Waals surface area contributed by atoms with E-state index in [0.29, 0.717) is 19.3 Å². The van der Waals surface area contributed by atoms with E-state index in [9.17, 15) is 14.4 Å². The summed E-state index contributed by atoms with van der Waals surface area (Å²) in [4.78, 5) is 38.4. The summed E-state index contributed by atoms with van der Waals surface area (Å²) in [6, 6.07) is 0. The molecule has 0 aliphatic heterocycles. The van der Waals surface area contributed by atoms with Gasteiger partial charge >= 0.3 is 17.9 Å². The van der Waals surface area contributed by atoms with Crippen molar-refractivity contribution < 1.29 is 28.6 Å². The number of esters is 3. The highest BCUT2D eigenvalue weighted by Crippen LogP contribution is 2.17. The molecular weight excluding hydrogens is 949 g/mol. The SMILES string of the molecule is CC/C=C\C/C=C\C/C=C\C/C=C\CCCCCCCCCCCCCCCCC(=O)OCC(COC(=O)CCCCCCCCCCCCCCCCC)OC(=O)CCCCCCCCC/C=C\C/C=C\C/C=C\CC. The third-order valence-corrected chi connectivity index (χ3v) is 14.4. The Morgan fingerprint density at radius 1 is 0.273 bits per heavy atom. The Hall–Kier alpha value is -3.41. The monoisotopic (exact) mass is 1070 g/mol. The normalized spacial score (nSPS) is 12.6. The molecule has 6 nitrogen and oxygen atoms in total. The molecule has 0 aromatic rings. The van der Waals surface area contributed by atoms with Crippen LogP contribution < -0.4 is 0 Å². The minimum atomic E-state index is -0.781. The van der Waals surface area contributed by atoms with Crippen molar-refractivity contribution in [1.82, 2.24) is 0 Å². The third-order valence-electron chi connectivity index (χ3n) is 14.4. The molecule has 0 radical (unpaired) electrons. The fourth-order valence-corrected chi connectivity index (χ4v) is 9.51. The van der Waals surface area contributed by atoms with Gasteiger partial charge < -0.3 is 14.2 Å². The van der Waals surface area contributed by atoms with Gasteiger partial charge in [0.05, 0.1) is 0 Å². The van der Waals surface area contributed by atoms with Gasteiger partial charge in [-0.15, -0.1) is 0 Å². The van der Waals surface area contributed by atoms with E-state index in [1.807, 2.05) is 0 Å². The molecule has 0 amide bonds. The molecule has 0 heterocycles. The van der Waals surface area contributed by atoms with Gasteiger partial charge in [0, 0.05) is 19.3 Å². The molecular formula is C71H124O6. The van der Waals surface area contributed by atoms with Crippen LogP contribution in [0.15, 0.2) is 85.1 Å². The van der Waals surface area contributed by atoms with Gasteiger partial charge in [-0.1, -0.05) is 305 Å². The summed E-state index contributed by atoms with van der Waals surface area (Å²) in [6.07, 6.45) is 85.9.